The Labute approximate surface area is 148 Å². The van der Waals surface area contributed by atoms with Gasteiger partial charge >= 0.3 is 0 Å². The highest BCUT2D eigenvalue weighted by molar-refractivity contribution is 5.93. The molecule has 1 aliphatic heterocycles. The predicted octanol–water partition coefficient (Wildman–Crippen LogP) is 2.85. The molecule has 2 N–H and O–H groups in total. The van der Waals surface area contributed by atoms with Crippen LogP contribution in [0.15, 0.2) is 29.6 Å². The minimum atomic E-state index is -0.497. The molecule has 5 heteroatoms. The van der Waals surface area contributed by atoms with Gasteiger partial charge in [-0.25, -0.2) is 5.48 Å². The molecule has 1 aromatic heterocycles. The Morgan fingerprint density at radius 3 is 3.24 bits per heavy atom. The normalized spacial score (nSPS) is 25.7. The molecule has 1 saturated carbocycles. The number of carbonyl (C=O) groups excluding carboxylic acids is 1. The van der Waals surface area contributed by atoms with E-state index >= 15 is 0 Å². The van der Waals surface area contributed by atoms with Crippen LogP contribution in [0.25, 0.3) is 0 Å². The Balaban J connectivity index is 1.41. The quantitative estimate of drug-likeness (QED) is 0.505. The molecule has 5 nitrogen and oxygen atoms in total. The summed E-state index contributed by atoms with van der Waals surface area (Å²) in [6, 6.07) is 1.86. The molecule has 2 bridgehead atoms. The van der Waals surface area contributed by atoms with E-state index in [0.717, 1.165) is 49.7 Å². The maximum absolute atomic E-state index is 11.5. The molecular weight excluding hydrogens is 314 g/mol. The first-order valence-corrected chi connectivity index (χ1v) is 9.28. The topological polar surface area (TPSA) is 65.5 Å². The number of nitrogens with zero attached hydrogens (tertiary/aromatic N) is 2. The molecule has 0 aromatic carbocycles. The van der Waals surface area contributed by atoms with Crippen LogP contribution in [0, 0.1) is 11.8 Å². The molecule has 4 rings (SSSR count). The summed E-state index contributed by atoms with van der Waals surface area (Å²) in [4.78, 5) is 18.5. The molecule has 132 valence electrons. The zero-order chi connectivity index (χ0) is 17.2. The Morgan fingerprint density at radius 1 is 1.44 bits per heavy atom. The summed E-state index contributed by atoms with van der Waals surface area (Å²) >= 11 is 0. The number of carbonyl (C=O) groups is 1. The van der Waals surface area contributed by atoms with Crippen LogP contribution in [0.2, 0.25) is 0 Å². The largest absolute Gasteiger partial charge is 0.297 e. The van der Waals surface area contributed by atoms with Crippen LogP contribution in [0.4, 0.5) is 0 Å². The third-order valence-electron chi connectivity index (χ3n) is 5.82. The van der Waals surface area contributed by atoms with Crippen LogP contribution in [0.3, 0.4) is 0 Å². The SMILES string of the molecule is O=C(NO)c1cnc2c(c1)CCN(C[C@H]1CC=C=C3CCC(C3)C1)C2. The Hall–Kier alpha value is -1.94. The second-order valence-electron chi connectivity index (χ2n) is 7.65. The minimum absolute atomic E-state index is 0.420. The van der Waals surface area contributed by atoms with Crippen molar-refractivity contribution in [3.05, 3.63) is 46.5 Å². The van der Waals surface area contributed by atoms with Gasteiger partial charge in [0.15, 0.2) is 0 Å². The summed E-state index contributed by atoms with van der Waals surface area (Å²) in [6.45, 7) is 2.97. The van der Waals surface area contributed by atoms with Gasteiger partial charge in [-0.3, -0.25) is 19.9 Å². The van der Waals surface area contributed by atoms with Crippen molar-refractivity contribution in [1.82, 2.24) is 15.4 Å². The highest BCUT2D eigenvalue weighted by Gasteiger charge is 2.27. The molecule has 1 fully saturated rings. The lowest BCUT2D eigenvalue weighted by Gasteiger charge is -2.32. The summed E-state index contributed by atoms with van der Waals surface area (Å²) in [5.41, 5.74) is 9.33. The maximum Gasteiger partial charge on any atom is 0.276 e. The van der Waals surface area contributed by atoms with E-state index in [1.165, 1.54) is 31.3 Å². The standard InChI is InChI=1S/C20H25N3O2/c24-20(22-25)18-10-17-6-7-23(13-19(17)21-11-18)12-16-3-1-2-14-4-5-15(8-14)9-16/h1,10-11,15-16,25H,3-9,12-13H2,(H,22,24)/t2?,15?,16-/m0/s1. The van der Waals surface area contributed by atoms with E-state index in [4.69, 9.17) is 5.21 Å². The molecule has 25 heavy (non-hydrogen) atoms. The molecule has 2 heterocycles. The molecule has 1 aromatic rings. The molecule has 3 aliphatic rings. The fraction of sp³-hybridized carbons (Fsp3) is 0.550. The smallest absolute Gasteiger partial charge is 0.276 e. The van der Waals surface area contributed by atoms with Crippen molar-refractivity contribution >= 4 is 5.91 Å². The Kier molecular flexibility index (Phi) is 4.71. The van der Waals surface area contributed by atoms with Gasteiger partial charge < -0.3 is 0 Å². The molecule has 0 saturated heterocycles. The first-order chi connectivity index (χ1) is 12.2. The lowest BCUT2D eigenvalue weighted by Crippen LogP contribution is -2.36. The van der Waals surface area contributed by atoms with E-state index in [1.807, 2.05) is 6.07 Å². The average Bonchev–Trinajstić information content (AvgIpc) is 3.08. The summed E-state index contributed by atoms with van der Waals surface area (Å²) < 4.78 is 0. The number of pyridine rings is 1. The maximum atomic E-state index is 11.5. The van der Waals surface area contributed by atoms with Gasteiger partial charge in [0.05, 0.1) is 11.3 Å². The van der Waals surface area contributed by atoms with E-state index in [0.29, 0.717) is 11.5 Å². The van der Waals surface area contributed by atoms with E-state index in [1.54, 1.807) is 11.7 Å². The zero-order valence-corrected chi connectivity index (χ0v) is 14.5. The van der Waals surface area contributed by atoms with Crippen molar-refractivity contribution in [3.63, 3.8) is 0 Å². The van der Waals surface area contributed by atoms with Gasteiger partial charge in [-0.05, 0) is 73.6 Å². The van der Waals surface area contributed by atoms with E-state index in [2.05, 4.69) is 21.7 Å². The Morgan fingerprint density at radius 2 is 2.36 bits per heavy atom. The van der Waals surface area contributed by atoms with Crippen molar-refractivity contribution in [2.45, 2.75) is 45.1 Å². The number of aromatic nitrogens is 1. The molecule has 0 radical (unpaired) electrons. The highest BCUT2D eigenvalue weighted by Crippen LogP contribution is 2.36. The number of hydrogen-bond donors (Lipinski definition) is 2. The molecule has 1 unspecified atom stereocenters. The van der Waals surface area contributed by atoms with Crippen LogP contribution in [-0.4, -0.2) is 34.1 Å². The summed E-state index contributed by atoms with van der Waals surface area (Å²) in [7, 11) is 0. The van der Waals surface area contributed by atoms with Gasteiger partial charge in [-0.1, -0.05) is 0 Å². The van der Waals surface area contributed by atoms with Gasteiger partial charge in [0, 0.05) is 25.8 Å². The molecule has 1 amide bonds. The summed E-state index contributed by atoms with van der Waals surface area (Å²) in [5, 5.41) is 8.76. The van der Waals surface area contributed by atoms with Gasteiger partial charge in [0.2, 0.25) is 0 Å². The van der Waals surface area contributed by atoms with Gasteiger partial charge in [0.25, 0.3) is 5.91 Å². The second-order valence-corrected chi connectivity index (χ2v) is 7.65. The lowest BCUT2D eigenvalue weighted by atomic mass is 9.88. The summed E-state index contributed by atoms with van der Waals surface area (Å²) in [5.74, 6) is 1.07. The zero-order valence-electron chi connectivity index (χ0n) is 14.5. The van der Waals surface area contributed by atoms with Gasteiger partial charge in [-0.2, -0.15) is 0 Å². The van der Waals surface area contributed by atoms with E-state index in [9.17, 15) is 4.79 Å². The third kappa shape index (κ3) is 3.69. The number of allylic oxidation sites excluding steroid dienone is 1. The molecule has 0 spiro atoms. The van der Waals surface area contributed by atoms with Crippen molar-refractivity contribution in [2.24, 2.45) is 11.8 Å². The fourth-order valence-corrected chi connectivity index (χ4v) is 4.53. The highest BCUT2D eigenvalue weighted by atomic mass is 16.5. The number of hydroxylamine groups is 1. The van der Waals surface area contributed by atoms with E-state index in [-0.39, 0.29) is 0 Å². The van der Waals surface area contributed by atoms with E-state index < -0.39 is 5.91 Å². The molecule has 2 atom stereocenters. The van der Waals surface area contributed by atoms with Crippen molar-refractivity contribution in [1.29, 1.82) is 0 Å². The minimum Gasteiger partial charge on any atom is -0.297 e. The first-order valence-electron chi connectivity index (χ1n) is 9.28. The number of hydrogen-bond acceptors (Lipinski definition) is 4. The second kappa shape index (κ2) is 7.12. The lowest BCUT2D eigenvalue weighted by molar-refractivity contribution is 0.0705. The van der Waals surface area contributed by atoms with Crippen molar-refractivity contribution < 1.29 is 10.0 Å². The third-order valence-corrected chi connectivity index (χ3v) is 5.82. The van der Waals surface area contributed by atoms with Gasteiger partial charge in [-0.15, -0.1) is 5.73 Å². The van der Waals surface area contributed by atoms with Crippen LogP contribution in [0.1, 0.15) is 53.7 Å². The number of amides is 1. The number of rotatable bonds is 3. The van der Waals surface area contributed by atoms with Crippen molar-refractivity contribution in [2.75, 3.05) is 13.1 Å². The van der Waals surface area contributed by atoms with Crippen molar-refractivity contribution in [3.8, 4) is 0 Å². The van der Waals surface area contributed by atoms with Crippen LogP contribution in [0.5, 0.6) is 0 Å². The number of fused-ring (bicyclic) bond motifs is 3. The van der Waals surface area contributed by atoms with Crippen LogP contribution in [-0.2, 0) is 13.0 Å². The average molecular weight is 339 g/mol. The van der Waals surface area contributed by atoms with Crippen LogP contribution < -0.4 is 5.48 Å². The van der Waals surface area contributed by atoms with Crippen LogP contribution >= 0.6 is 0 Å². The first kappa shape index (κ1) is 16.5. The summed E-state index contributed by atoms with van der Waals surface area (Å²) in [6.07, 6.45) is 11.0. The predicted molar refractivity (Wildman–Crippen MR) is 94.1 cm³/mol. The number of nitrogens with one attached hydrogen (secondary N) is 1. The molecular formula is C20H25N3O2. The Bertz CT molecular complexity index is 736. The monoisotopic (exact) mass is 339 g/mol. The van der Waals surface area contributed by atoms with Gasteiger partial charge in [0.1, 0.15) is 0 Å². The molecule has 2 aliphatic carbocycles. The fourth-order valence-electron chi connectivity index (χ4n) is 4.53.